The molecule has 258 valence electrons. The molecule has 2 N–H and O–H groups in total. The van der Waals surface area contributed by atoms with E-state index in [0.29, 0.717) is 11.3 Å². The normalized spacial score (nSPS) is 17.1. The molecule has 1 saturated carbocycles. The van der Waals surface area contributed by atoms with Crippen LogP contribution in [0.4, 0.5) is 5.69 Å². The summed E-state index contributed by atoms with van der Waals surface area (Å²) in [6.45, 7) is 17.5. The van der Waals surface area contributed by atoms with Gasteiger partial charge in [0.15, 0.2) is 5.78 Å². The molecule has 1 aliphatic carbocycles. The zero-order chi connectivity index (χ0) is 35.1. The van der Waals surface area contributed by atoms with Crippen LogP contribution >= 0.6 is 0 Å². The van der Waals surface area contributed by atoms with Crippen LogP contribution in [0.15, 0.2) is 83.2 Å². The molecule has 1 unspecified atom stereocenters. The molecule has 4 nitrogen and oxygen atoms in total. The van der Waals surface area contributed by atoms with Crippen molar-refractivity contribution in [3.63, 3.8) is 0 Å². The summed E-state index contributed by atoms with van der Waals surface area (Å²) in [4.78, 5) is 22.5. The summed E-state index contributed by atoms with van der Waals surface area (Å²) in [7, 11) is 0. The van der Waals surface area contributed by atoms with Gasteiger partial charge < -0.3 is 5.73 Å². The molecule has 1 atom stereocenters. The van der Waals surface area contributed by atoms with Crippen LogP contribution in [0.5, 0.6) is 0 Å². The van der Waals surface area contributed by atoms with Gasteiger partial charge >= 0.3 is 0 Å². The van der Waals surface area contributed by atoms with Crippen molar-refractivity contribution in [2.75, 3.05) is 5.73 Å². The highest BCUT2D eigenvalue weighted by Crippen LogP contribution is 2.37. The van der Waals surface area contributed by atoms with Crippen LogP contribution in [0.3, 0.4) is 0 Å². The van der Waals surface area contributed by atoms with Crippen molar-refractivity contribution in [3.8, 4) is 11.1 Å². The highest BCUT2D eigenvalue weighted by Gasteiger charge is 2.27. The molecule has 48 heavy (non-hydrogen) atoms. The Morgan fingerprint density at radius 1 is 1.00 bits per heavy atom. The smallest absolute Gasteiger partial charge is 0.167 e. The Bertz CT molecular complexity index is 1540. The molecule has 1 aromatic heterocycles. The Kier molecular flexibility index (Phi) is 16.0. The Balaban J connectivity index is 0.000000694. The Morgan fingerprint density at radius 2 is 1.75 bits per heavy atom. The molecular formula is C44H61N3O. The van der Waals surface area contributed by atoms with Crippen LogP contribution in [-0.2, 0) is 0 Å². The van der Waals surface area contributed by atoms with Gasteiger partial charge in [0, 0.05) is 46.3 Å². The predicted octanol–water partition coefficient (Wildman–Crippen LogP) is 12.4. The maximum atomic E-state index is 13.0. The van der Waals surface area contributed by atoms with Gasteiger partial charge in [-0.15, -0.1) is 0 Å². The maximum absolute atomic E-state index is 13.0. The molecule has 0 saturated heterocycles. The van der Waals surface area contributed by atoms with E-state index >= 15 is 0 Å². The number of carbonyl (C=O) groups is 1. The third-order valence-corrected chi connectivity index (χ3v) is 9.53. The zero-order valence-corrected chi connectivity index (χ0v) is 31.1. The zero-order valence-electron chi connectivity index (χ0n) is 31.1. The van der Waals surface area contributed by atoms with Gasteiger partial charge in [-0.1, -0.05) is 121 Å². The largest absolute Gasteiger partial charge is 0.398 e. The minimum absolute atomic E-state index is 0.0814. The molecule has 1 fully saturated rings. The maximum Gasteiger partial charge on any atom is 0.167 e. The van der Waals surface area contributed by atoms with Gasteiger partial charge in [-0.05, 0) is 87.3 Å². The van der Waals surface area contributed by atoms with Crippen molar-refractivity contribution >= 4 is 28.8 Å². The predicted molar refractivity (Wildman–Crippen MR) is 210 cm³/mol. The number of rotatable bonds is 15. The Morgan fingerprint density at radius 3 is 2.35 bits per heavy atom. The van der Waals surface area contributed by atoms with Crippen LogP contribution in [0, 0.1) is 11.8 Å². The first-order valence-corrected chi connectivity index (χ1v) is 18.6. The van der Waals surface area contributed by atoms with Gasteiger partial charge in [0.2, 0.25) is 0 Å². The molecule has 0 spiro atoms. The fourth-order valence-electron chi connectivity index (χ4n) is 6.27. The van der Waals surface area contributed by atoms with Crippen molar-refractivity contribution in [2.45, 2.75) is 126 Å². The number of anilines is 1. The second kappa shape index (κ2) is 19.9. The average molecular weight is 648 g/mol. The second-order valence-corrected chi connectivity index (χ2v) is 13.5. The number of benzene rings is 1. The summed E-state index contributed by atoms with van der Waals surface area (Å²) in [5, 5.41) is 0. The minimum atomic E-state index is 0.0814. The third-order valence-electron chi connectivity index (χ3n) is 9.53. The molecule has 0 bridgehead atoms. The van der Waals surface area contributed by atoms with E-state index in [2.05, 4.69) is 115 Å². The van der Waals surface area contributed by atoms with E-state index in [9.17, 15) is 4.79 Å². The monoisotopic (exact) mass is 647 g/mol. The van der Waals surface area contributed by atoms with E-state index in [1.807, 2.05) is 12.3 Å². The molecule has 2 aliphatic rings. The summed E-state index contributed by atoms with van der Waals surface area (Å²) < 4.78 is 0. The lowest BCUT2D eigenvalue weighted by molar-refractivity contribution is 0.0855. The van der Waals surface area contributed by atoms with Crippen LogP contribution in [-0.4, -0.2) is 22.5 Å². The van der Waals surface area contributed by atoms with Gasteiger partial charge in [-0.2, -0.15) is 0 Å². The standard InChI is InChI=1S/C36H43N3O.C8H18/c1-6-8-12-24(3)13-10-14-25(4)35-33(18-26(5)39-35)28-20-32(31(17-9-7-2)34(37)21-28)29-19-30(23-38-22-29)36(40)27-15-11-16-27;1-4-7-8(5-2)6-3/h9-10,12-14,17-23,26-27H,6-8,11,15-16,37H2,1-5H3;8H,4-7H2,1-3H3/b13-10-,17-9+,24-12-,25-14+;. The number of nitrogen functional groups attached to an aromatic ring is 1. The molecule has 0 amide bonds. The molecule has 4 heteroatoms. The lowest BCUT2D eigenvalue weighted by atomic mass is 9.80. The van der Waals surface area contributed by atoms with E-state index < -0.39 is 0 Å². The van der Waals surface area contributed by atoms with E-state index in [-0.39, 0.29) is 17.7 Å². The number of nitrogens with two attached hydrogens (primary N) is 1. The summed E-state index contributed by atoms with van der Waals surface area (Å²) in [5.41, 5.74) is 16.4. The van der Waals surface area contributed by atoms with Crippen LogP contribution in [0.25, 0.3) is 22.8 Å². The van der Waals surface area contributed by atoms with Crippen molar-refractivity contribution in [3.05, 3.63) is 94.9 Å². The van der Waals surface area contributed by atoms with E-state index in [4.69, 9.17) is 10.7 Å². The van der Waals surface area contributed by atoms with Crippen molar-refractivity contribution in [1.82, 2.24) is 4.98 Å². The molecule has 4 rings (SSSR count). The second-order valence-electron chi connectivity index (χ2n) is 13.5. The number of aromatic nitrogens is 1. The summed E-state index contributed by atoms with van der Waals surface area (Å²) in [6.07, 6.45) is 30.3. The molecule has 1 aliphatic heterocycles. The van der Waals surface area contributed by atoms with Crippen molar-refractivity contribution in [1.29, 1.82) is 0 Å². The van der Waals surface area contributed by atoms with Crippen molar-refractivity contribution in [2.24, 2.45) is 16.8 Å². The van der Waals surface area contributed by atoms with Crippen LogP contribution in [0.2, 0.25) is 0 Å². The van der Waals surface area contributed by atoms with E-state index in [0.717, 1.165) is 83.6 Å². The number of ketones is 1. The highest BCUT2D eigenvalue weighted by atomic mass is 16.1. The number of unbranched alkanes of at least 4 members (excludes halogenated alkanes) is 1. The van der Waals surface area contributed by atoms with Gasteiger partial charge in [-0.25, -0.2) is 0 Å². The number of carbonyl (C=O) groups excluding carboxylic acids is 1. The quantitative estimate of drug-likeness (QED) is 0.119. The molecular weight excluding hydrogens is 587 g/mol. The lowest BCUT2D eigenvalue weighted by Gasteiger charge is -2.23. The van der Waals surface area contributed by atoms with Crippen LogP contribution in [0.1, 0.15) is 141 Å². The summed E-state index contributed by atoms with van der Waals surface area (Å²) >= 11 is 0. The molecule has 2 aromatic rings. The number of hydrogen-bond acceptors (Lipinski definition) is 4. The number of aliphatic imine (C=N–C) groups is 1. The first kappa shape index (κ1) is 38.7. The number of allylic oxidation sites excluding steroid dienone is 8. The fraction of sp³-hybridized carbons (Fsp3) is 0.477. The first-order chi connectivity index (χ1) is 23.2. The summed E-state index contributed by atoms with van der Waals surface area (Å²) in [5.74, 6) is 1.33. The SMILES string of the molecule is CC/C=C/c1c(N)cc(C2=CC(C)N=C2/C(C)=C/C=C\C(C)=C/CCC)cc1-c1cncc(C(=O)C2CCC2)c1.CCCC(CC)CC. The lowest BCUT2D eigenvalue weighted by Crippen LogP contribution is -2.22. The number of nitrogens with zero attached hydrogens (tertiary/aromatic N) is 2. The average Bonchev–Trinajstić information content (AvgIpc) is 3.46. The number of pyridine rings is 1. The van der Waals surface area contributed by atoms with Gasteiger partial charge in [0.1, 0.15) is 0 Å². The number of hydrogen-bond donors (Lipinski definition) is 1. The molecule has 1 aromatic carbocycles. The minimum Gasteiger partial charge on any atom is -0.398 e. The van der Waals surface area contributed by atoms with Crippen molar-refractivity contribution < 1.29 is 4.79 Å². The molecule has 0 radical (unpaired) electrons. The first-order valence-electron chi connectivity index (χ1n) is 18.6. The molecule has 2 heterocycles. The Labute approximate surface area is 292 Å². The van der Waals surface area contributed by atoms with Gasteiger partial charge in [0.25, 0.3) is 0 Å². The van der Waals surface area contributed by atoms with Gasteiger partial charge in [0.05, 0.1) is 11.8 Å². The van der Waals surface area contributed by atoms with Gasteiger partial charge in [-0.3, -0.25) is 14.8 Å². The Hall–Kier alpha value is -3.79. The third kappa shape index (κ3) is 10.9. The van der Waals surface area contributed by atoms with E-state index in [1.165, 1.54) is 31.3 Å². The fourth-order valence-corrected chi connectivity index (χ4v) is 6.27. The van der Waals surface area contributed by atoms with E-state index in [1.54, 1.807) is 6.20 Å². The highest BCUT2D eigenvalue weighted by molar-refractivity contribution is 6.33. The van der Waals surface area contributed by atoms with Crippen LogP contribution < -0.4 is 5.73 Å². The summed E-state index contributed by atoms with van der Waals surface area (Å²) in [6, 6.07) is 6.30. The topological polar surface area (TPSA) is 68.3 Å². The number of Topliss-reactive ketones (excluding diaryl/α,β-unsaturated/α-hetero) is 1.